The van der Waals surface area contributed by atoms with E-state index in [1.807, 2.05) is 31.2 Å². The Bertz CT molecular complexity index is 1780. The van der Waals surface area contributed by atoms with Crippen molar-refractivity contribution in [1.29, 1.82) is 0 Å². The summed E-state index contributed by atoms with van der Waals surface area (Å²) in [4.78, 5) is 37.2. The monoisotopic (exact) mass is 511 g/mol. The highest BCUT2D eigenvalue weighted by molar-refractivity contribution is 5.92. The number of anilines is 1. The Morgan fingerprint density at radius 3 is 2.47 bits per heavy atom. The molecule has 1 amide bonds. The molecule has 2 aromatic heterocycles. The highest BCUT2D eigenvalue weighted by atomic mass is 16.5. The quantitative estimate of drug-likeness (QED) is 0.261. The maximum Gasteiger partial charge on any atom is 0.336 e. The summed E-state index contributed by atoms with van der Waals surface area (Å²) in [5, 5.41) is 3.93. The number of ether oxygens (including phenoxy) is 2. The maximum absolute atomic E-state index is 13.0. The van der Waals surface area contributed by atoms with E-state index in [1.165, 1.54) is 12.3 Å². The second-order valence-corrected chi connectivity index (χ2v) is 9.17. The van der Waals surface area contributed by atoms with Crippen molar-refractivity contribution in [1.82, 2.24) is 0 Å². The summed E-state index contributed by atoms with van der Waals surface area (Å²) in [5.74, 6) is 0.633. The topological polar surface area (TPSA) is 108 Å². The van der Waals surface area contributed by atoms with Crippen molar-refractivity contribution in [3.63, 3.8) is 0 Å². The molecule has 0 aliphatic rings. The van der Waals surface area contributed by atoms with Gasteiger partial charge in [-0.25, -0.2) is 4.79 Å². The van der Waals surface area contributed by atoms with Crippen LogP contribution in [0.25, 0.3) is 21.9 Å². The van der Waals surface area contributed by atoms with Gasteiger partial charge < -0.3 is 23.6 Å². The van der Waals surface area contributed by atoms with Crippen molar-refractivity contribution >= 4 is 33.5 Å². The minimum Gasteiger partial charge on any atom is -0.484 e. The third-order valence-corrected chi connectivity index (χ3v) is 6.09. The van der Waals surface area contributed by atoms with Gasteiger partial charge in [0.1, 0.15) is 28.9 Å². The lowest BCUT2D eigenvalue weighted by molar-refractivity contribution is -0.118. The van der Waals surface area contributed by atoms with Gasteiger partial charge in [-0.3, -0.25) is 9.59 Å². The average Bonchev–Trinajstić information content (AvgIpc) is 2.89. The van der Waals surface area contributed by atoms with Crippen LogP contribution in [0.5, 0.6) is 17.2 Å². The van der Waals surface area contributed by atoms with Crippen LogP contribution in [0.1, 0.15) is 30.9 Å². The van der Waals surface area contributed by atoms with E-state index in [2.05, 4.69) is 19.2 Å². The zero-order chi connectivity index (χ0) is 26.8. The smallest absolute Gasteiger partial charge is 0.336 e. The molecule has 8 heteroatoms. The SMILES string of the molecule is Cc1cc(=O)oc2cc(Oc3coc4cc(OCC(=O)Nc5ccccc5C(C)C)ccc4c3=O)ccc12. The summed E-state index contributed by atoms with van der Waals surface area (Å²) < 4.78 is 22.2. The Labute approximate surface area is 217 Å². The van der Waals surface area contributed by atoms with Gasteiger partial charge in [0.25, 0.3) is 5.91 Å². The second kappa shape index (κ2) is 10.3. The van der Waals surface area contributed by atoms with Crippen LogP contribution < -0.4 is 25.8 Å². The van der Waals surface area contributed by atoms with Crippen LogP contribution in [0.15, 0.2) is 91.4 Å². The van der Waals surface area contributed by atoms with Gasteiger partial charge in [0, 0.05) is 29.3 Å². The molecule has 0 fully saturated rings. The Balaban J connectivity index is 1.30. The summed E-state index contributed by atoms with van der Waals surface area (Å²) in [6.07, 6.45) is 1.21. The van der Waals surface area contributed by atoms with Crippen LogP contribution in [0, 0.1) is 6.92 Å². The number of rotatable bonds is 7. The second-order valence-electron chi connectivity index (χ2n) is 9.17. The van der Waals surface area contributed by atoms with Gasteiger partial charge in [0.2, 0.25) is 11.2 Å². The van der Waals surface area contributed by atoms with Crippen LogP contribution in [0.4, 0.5) is 5.69 Å². The fourth-order valence-electron chi connectivity index (χ4n) is 4.20. The third-order valence-electron chi connectivity index (χ3n) is 6.09. The summed E-state index contributed by atoms with van der Waals surface area (Å²) >= 11 is 0. The predicted octanol–water partition coefficient (Wildman–Crippen LogP) is 6.14. The average molecular weight is 512 g/mol. The summed E-state index contributed by atoms with van der Waals surface area (Å²) in [6.45, 7) is 5.72. The first kappa shape index (κ1) is 24.8. The molecule has 2 heterocycles. The zero-order valence-corrected chi connectivity index (χ0v) is 21.1. The molecule has 0 saturated heterocycles. The number of benzene rings is 3. The van der Waals surface area contributed by atoms with E-state index in [-0.39, 0.29) is 40.6 Å². The van der Waals surface area contributed by atoms with Crippen molar-refractivity contribution in [3.05, 3.63) is 105 Å². The zero-order valence-electron chi connectivity index (χ0n) is 21.1. The van der Waals surface area contributed by atoms with Crippen molar-refractivity contribution in [2.75, 3.05) is 11.9 Å². The molecule has 8 nitrogen and oxygen atoms in total. The first-order valence-electron chi connectivity index (χ1n) is 12.1. The number of hydrogen-bond donors (Lipinski definition) is 1. The van der Waals surface area contributed by atoms with Gasteiger partial charge in [0.05, 0.1) is 5.39 Å². The van der Waals surface area contributed by atoms with Crippen molar-refractivity contribution in [3.8, 4) is 17.2 Å². The highest BCUT2D eigenvalue weighted by Crippen LogP contribution is 2.28. The number of fused-ring (bicyclic) bond motifs is 2. The molecule has 0 aliphatic heterocycles. The fraction of sp³-hybridized carbons (Fsp3) is 0.167. The molecule has 0 atom stereocenters. The van der Waals surface area contributed by atoms with Crippen molar-refractivity contribution in [2.45, 2.75) is 26.7 Å². The number of nitrogens with one attached hydrogen (secondary N) is 1. The van der Waals surface area contributed by atoms with Gasteiger partial charge in [-0.05, 0) is 54.3 Å². The molecular weight excluding hydrogens is 486 g/mol. The summed E-state index contributed by atoms with van der Waals surface area (Å²) in [5.41, 5.74) is 2.36. The lowest BCUT2D eigenvalue weighted by Crippen LogP contribution is -2.21. The molecule has 0 bridgehead atoms. The summed E-state index contributed by atoms with van der Waals surface area (Å²) in [6, 6.07) is 18.7. The highest BCUT2D eigenvalue weighted by Gasteiger charge is 2.13. The van der Waals surface area contributed by atoms with Crippen LogP contribution in [0.3, 0.4) is 0 Å². The fourth-order valence-corrected chi connectivity index (χ4v) is 4.20. The van der Waals surface area contributed by atoms with E-state index in [0.717, 1.165) is 22.2 Å². The molecule has 1 N–H and O–H groups in total. The minimum absolute atomic E-state index is 0.0243. The molecule has 0 aliphatic carbocycles. The van der Waals surface area contributed by atoms with Crippen LogP contribution in [-0.4, -0.2) is 12.5 Å². The standard InChI is InChI=1S/C30H25NO7/c1-17(2)21-6-4-5-7-24(21)31-28(32)16-35-19-8-11-23-25(13-19)36-15-27(30(23)34)37-20-9-10-22-18(3)12-29(33)38-26(22)14-20/h4-15,17H,16H2,1-3H3,(H,31,32). The first-order valence-corrected chi connectivity index (χ1v) is 12.1. The molecule has 5 rings (SSSR count). The lowest BCUT2D eigenvalue weighted by atomic mass is 10.0. The molecule has 5 aromatic rings. The summed E-state index contributed by atoms with van der Waals surface area (Å²) in [7, 11) is 0. The van der Waals surface area contributed by atoms with Gasteiger partial charge in [0.15, 0.2) is 6.61 Å². The molecule has 3 aromatic carbocycles. The van der Waals surface area contributed by atoms with Crippen molar-refractivity contribution in [2.24, 2.45) is 0 Å². The van der Waals surface area contributed by atoms with E-state index >= 15 is 0 Å². The Kier molecular flexibility index (Phi) is 6.70. The van der Waals surface area contributed by atoms with Gasteiger partial charge in [-0.15, -0.1) is 0 Å². The Morgan fingerprint density at radius 2 is 1.66 bits per heavy atom. The molecular formula is C30H25NO7. The number of aryl methyl sites for hydroxylation is 1. The molecule has 0 unspecified atom stereocenters. The van der Waals surface area contributed by atoms with E-state index in [1.54, 1.807) is 36.4 Å². The van der Waals surface area contributed by atoms with E-state index in [0.29, 0.717) is 17.1 Å². The molecule has 0 spiro atoms. The van der Waals surface area contributed by atoms with E-state index in [4.69, 9.17) is 18.3 Å². The number of amides is 1. The minimum atomic E-state index is -0.465. The van der Waals surface area contributed by atoms with Gasteiger partial charge in [-0.1, -0.05) is 32.0 Å². The Morgan fingerprint density at radius 1 is 0.921 bits per heavy atom. The van der Waals surface area contributed by atoms with Crippen LogP contribution in [0.2, 0.25) is 0 Å². The number of hydrogen-bond acceptors (Lipinski definition) is 7. The third kappa shape index (κ3) is 5.15. The van der Waals surface area contributed by atoms with Gasteiger partial charge >= 0.3 is 5.63 Å². The van der Waals surface area contributed by atoms with Crippen molar-refractivity contribution < 1.29 is 23.1 Å². The van der Waals surface area contributed by atoms with Crippen LogP contribution in [-0.2, 0) is 4.79 Å². The number of carbonyl (C=O) groups excluding carboxylic acids is 1. The normalized spacial score (nSPS) is 11.2. The number of carbonyl (C=O) groups is 1. The molecule has 0 radical (unpaired) electrons. The number of para-hydroxylation sites is 1. The Hall–Kier alpha value is -4.85. The van der Waals surface area contributed by atoms with Crippen LogP contribution >= 0.6 is 0 Å². The lowest BCUT2D eigenvalue weighted by Gasteiger charge is -2.14. The largest absolute Gasteiger partial charge is 0.484 e. The van der Waals surface area contributed by atoms with E-state index in [9.17, 15) is 14.4 Å². The first-order chi connectivity index (χ1) is 18.3. The predicted molar refractivity (Wildman–Crippen MR) is 144 cm³/mol. The molecule has 0 saturated carbocycles. The van der Waals surface area contributed by atoms with E-state index < -0.39 is 5.63 Å². The molecule has 38 heavy (non-hydrogen) atoms. The molecule has 192 valence electrons. The van der Waals surface area contributed by atoms with Gasteiger partial charge in [-0.2, -0.15) is 0 Å². The maximum atomic E-state index is 13.0.